The van der Waals surface area contributed by atoms with Crippen molar-refractivity contribution in [3.05, 3.63) is 24.3 Å². The molecular weight excluding hydrogens is 332 g/mol. The fraction of sp³-hybridized carbons (Fsp3) is 0.714. The van der Waals surface area contributed by atoms with Gasteiger partial charge in [0, 0.05) is 24.7 Å². The Hall–Kier alpha value is -1.46. The van der Waals surface area contributed by atoms with Crippen LogP contribution in [0, 0.1) is 17.8 Å². The summed E-state index contributed by atoms with van der Waals surface area (Å²) in [6, 6.07) is 0. The molecule has 0 spiro atoms. The number of hydrogen-bond donors (Lipinski definition) is 2. The zero-order chi connectivity index (χ0) is 18.9. The fourth-order valence-electron chi connectivity index (χ4n) is 3.75. The number of ether oxygens (including phenoxy) is 1. The molecule has 1 unspecified atom stereocenters. The number of aliphatic hydroxyl groups excluding tert-OH is 2. The Bertz CT molecular complexity index is 520. The molecule has 146 valence electrons. The molecule has 2 fully saturated rings. The zero-order valence-electron chi connectivity index (χ0n) is 15.7. The number of aliphatic hydroxyl groups is 2. The van der Waals surface area contributed by atoms with E-state index in [-0.39, 0.29) is 36.1 Å². The first-order chi connectivity index (χ1) is 12.5. The van der Waals surface area contributed by atoms with E-state index >= 15 is 0 Å². The molecule has 5 nitrogen and oxygen atoms in total. The molecule has 0 amide bonds. The molecule has 5 heteroatoms. The zero-order valence-corrected chi connectivity index (χ0v) is 15.7. The summed E-state index contributed by atoms with van der Waals surface area (Å²) in [6.45, 7) is 0. The third kappa shape index (κ3) is 6.06. The normalized spacial score (nSPS) is 28.0. The lowest BCUT2D eigenvalue weighted by molar-refractivity contribution is -0.140. The van der Waals surface area contributed by atoms with Crippen LogP contribution in [0.15, 0.2) is 24.3 Å². The van der Waals surface area contributed by atoms with Gasteiger partial charge in [0.05, 0.1) is 19.3 Å². The minimum Gasteiger partial charge on any atom is -0.469 e. The molecule has 26 heavy (non-hydrogen) atoms. The van der Waals surface area contributed by atoms with E-state index in [2.05, 4.69) is 4.74 Å². The highest BCUT2D eigenvalue weighted by Crippen LogP contribution is 2.34. The summed E-state index contributed by atoms with van der Waals surface area (Å²) in [5.41, 5.74) is 0. The Kier molecular flexibility index (Phi) is 8.52. The second-order valence-corrected chi connectivity index (χ2v) is 7.52. The highest BCUT2D eigenvalue weighted by molar-refractivity contribution is 5.84. The van der Waals surface area contributed by atoms with E-state index in [1.165, 1.54) is 13.5 Å². The van der Waals surface area contributed by atoms with Crippen LogP contribution in [0.2, 0.25) is 0 Å². The van der Waals surface area contributed by atoms with E-state index in [4.69, 9.17) is 0 Å². The highest BCUT2D eigenvalue weighted by atomic mass is 16.5. The number of carbonyl (C=O) groups excluding carboxylic acids is 2. The molecule has 4 atom stereocenters. The maximum absolute atomic E-state index is 12.2. The number of esters is 1. The van der Waals surface area contributed by atoms with Crippen molar-refractivity contribution in [2.24, 2.45) is 17.8 Å². The first-order valence-corrected chi connectivity index (χ1v) is 9.80. The second kappa shape index (κ2) is 10.6. The number of methoxy groups -OCH3 is 1. The van der Waals surface area contributed by atoms with Crippen LogP contribution in [-0.4, -0.2) is 41.3 Å². The van der Waals surface area contributed by atoms with E-state index in [1.807, 2.05) is 24.3 Å². The van der Waals surface area contributed by atoms with Crippen molar-refractivity contribution in [1.29, 1.82) is 0 Å². The molecule has 2 rings (SSSR count). The van der Waals surface area contributed by atoms with Gasteiger partial charge in [-0.25, -0.2) is 0 Å². The van der Waals surface area contributed by atoms with Crippen LogP contribution in [-0.2, 0) is 14.3 Å². The van der Waals surface area contributed by atoms with Gasteiger partial charge >= 0.3 is 5.97 Å². The minimum atomic E-state index is -0.627. The summed E-state index contributed by atoms with van der Waals surface area (Å²) >= 11 is 0. The predicted octanol–water partition coefficient (Wildman–Crippen LogP) is 2.95. The SMILES string of the molecule is COC(=O)CCC/C=C\C[C@H]1C(=O)C[C@@H](O)[C@@H]1/C=C/CC(O)C1CCC1. The van der Waals surface area contributed by atoms with Gasteiger partial charge < -0.3 is 14.9 Å². The molecule has 0 aromatic rings. The van der Waals surface area contributed by atoms with Crippen LogP contribution in [0.1, 0.15) is 57.8 Å². The topological polar surface area (TPSA) is 83.8 Å². The smallest absolute Gasteiger partial charge is 0.305 e. The van der Waals surface area contributed by atoms with Crippen molar-refractivity contribution in [2.45, 2.75) is 70.0 Å². The van der Waals surface area contributed by atoms with E-state index in [0.717, 1.165) is 25.7 Å². The number of Topliss-reactive ketones (excluding diaryl/α,β-unsaturated/α-hetero) is 1. The molecule has 2 saturated carbocycles. The first-order valence-electron chi connectivity index (χ1n) is 9.80. The lowest BCUT2D eigenvalue weighted by Crippen LogP contribution is -2.26. The molecule has 0 heterocycles. The van der Waals surface area contributed by atoms with Crippen LogP contribution in [0.4, 0.5) is 0 Å². The lowest BCUT2D eigenvalue weighted by Gasteiger charge is -2.29. The van der Waals surface area contributed by atoms with Gasteiger partial charge in [-0.2, -0.15) is 0 Å². The Balaban J connectivity index is 1.77. The van der Waals surface area contributed by atoms with Crippen LogP contribution in [0.3, 0.4) is 0 Å². The van der Waals surface area contributed by atoms with Gasteiger partial charge in [-0.1, -0.05) is 30.7 Å². The number of hydrogen-bond acceptors (Lipinski definition) is 5. The van der Waals surface area contributed by atoms with E-state index in [9.17, 15) is 19.8 Å². The van der Waals surface area contributed by atoms with Crippen molar-refractivity contribution >= 4 is 11.8 Å². The number of ketones is 1. The Morgan fingerprint density at radius 3 is 2.73 bits per heavy atom. The quantitative estimate of drug-likeness (QED) is 0.354. The van der Waals surface area contributed by atoms with Gasteiger partial charge in [0.15, 0.2) is 0 Å². The summed E-state index contributed by atoms with van der Waals surface area (Å²) in [5, 5.41) is 20.3. The number of carbonyl (C=O) groups is 2. The molecule has 0 aliphatic heterocycles. The molecule has 0 aromatic carbocycles. The average Bonchev–Trinajstić information content (AvgIpc) is 2.82. The maximum atomic E-state index is 12.2. The third-order valence-electron chi connectivity index (χ3n) is 5.70. The van der Waals surface area contributed by atoms with Crippen molar-refractivity contribution in [1.82, 2.24) is 0 Å². The summed E-state index contributed by atoms with van der Waals surface area (Å²) in [4.78, 5) is 23.2. The maximum Gasteiger partial charge on any atom is 0.305 e. The van der Waals surface area contributed by atoms with Crippen LogP contribution in [0.5, 0.6) is 0 Å². The summed E-state index contributed by atoms with van der Waals surface area (Å²) in [6.07, 6.45) is 13.6. The largest absolute Gasteiger partial charge is 0.469 e. The van der Waals surface area contributed by atoms with Crippen LogP contribution >= 0.6 is 0 Å². The molecular formula is C21H32O5. The molecule has 0 saturated heterocycles. The summed E-state index contributed by atoms with van der Waals surface area (Å²) in [5.74, 6) is -0.0547. The van der Waals surface area contributed by atoms with E-state index in [0.29, 0.717) is 25.2 Å². The van der Waals surface area contributed by atoms with Crippen molar-refractivity contribution < 1.29 is 24.5 Å². The van der Waals surface area contributed by atoms with Gasteiger partial charge in [0.1, 0.15) is 5.78 Å². The molecule has 0 aromatic heterocycles. The lowest BCUT2D eigenvalue weighted by atomic mass is 9.80. The first kappa shape index (κ1) is 20.8. The van der Waals surface area contributed by atoms with Crippen LogP contribution < -0.4 is 0 Å². The number of unbranched alkanes of at least 4 members (excludes halogenated alkanes) is 1. The van der Waals surface area contributed by atoms with Gasteiger partial charge in [-0.3, -0.25) is 9.59 Å². The fourth-order valence-corrected chi connectivity index (χ4v) is 3.75. The van der Waals surface area contributed by atoms with Gasteiger partial charge in [-0.05, 0) is 44.4 Å². The monoisotopic (exact) mass is 364 g/mol. The van der Waals surface area contributed by atoms with Gasteiger partial charge in [-0.15, -0.1) is 0 Å². The Morgan fingerprint density at radius 1 is 1.31 bits per heavy atom. The highest BCUT2D eigenvalue weighted by Gasteiger charge is 2.39. The number of rotatable bonds is 10. The van der Waals surface area contributed by atoms with Crippen molar-refractivity contribution in [2.75, 3.05) is 7.11 Å². The third-order valence-corrected chi connectivity index (χ3v) is 5.70. The van der Waals surface area contributed by atoms with Gasteiger partial charge in [0.25, 0.3) is 0 Å². The second-order valence-electron chi connectivity index (χ2n) is 7.52. The molecule has 2 N–H and O–H groups in total. The van der Waals surface area contributed by atoms with Crippen molar-refractivity contribution in [3.8, 4) is 0 Å². The van der Waals surface area contributed by atoms with E-state index < -0.39 is 6.10 Å². The molecule has 2 aliphatic rings. The predicted molar refractivity (Wildman–Crippen MR) is 99.3 cm³/mol. The Morgan fingerprint density at radius 2 is 2.08 bits per heavy atom. The standard InChI is InChI=1S/C21H32O5/c1-26-21(25)13-5-3-2-4-10-16-17(20(24)14-19(16)23)11-7-12-18(22)15-8-6-9-15/h2,4,7,11,15-18,20,22,24H,3,5-6,8-10,12-14H2,1H3/b4-2-,11-7+/t16-,17-,18?,20-/m1/s1. The minimum absolute atomic E-state index is 0.103. The van der Waals surface area contributed by atoms with Crippen LogP contribution in [0.25, 0.3) is 0 Å². The van der Waals surface area contributed by atoms with Gasteiger partial charge in [0.2, 0.25) is 0 Å². The summed E-state index contributed by atoms with van der Waals surface area (Å²) in [7, 11) is 1.38. The number of allylic oxidation sites excluding steroid dienone is 2. The average molecular weight is 364 g/mol. The molecule has 0 radical (unpaired) electrons. The molecule has 0 bridgehead atoms. The molecule has 2 aliphatic carbocycles. The Labute approximate surface area is 156 Å². The summed E-state index contributed by atoms with van der Waals surface area (Å²) < 4.78 is 4.60. The van der Waals surface area contributed by atoms with Crippen molar-refractivity contribution in [3.63, 3.8) is 0 Å². The van der Waals surface area contributed by atoms with E-state index in [1.54, 1.807) is 0 Å².